The van der Waals surface area contributed by atoms with Crippen LogP contribution in [0.15, 0.2) is 16.7 Å². The zero-order valence-corrected chi connectivity index (χ0v) is 21.9. The molecule has 1 unspecified atom stereocenters. The Morgan fingerprint density at radius 1 is 1.39 bits per heavy atom. The number of aromatic nitrogens is 3. The van der Waals surface area contributed by atoms with Crippen LogP contribution in [0.25, 0.3) is 0 Å². The van der Waals surface area contributed by atoms with E-state index in [2.05, 4.69) is 66.8 Å². The zero-order chi connectivity index (χ0) is 22.8. The molecule has 3 rings (SSSR count). The van der Waals surface area contributed by atoms with Gasteiger partial charge < -0.3 is 24.3 Å². The first kappa shape index (κ1) is 24.0. The Morgan fingerprint density at radius 3 is 2.81 bits per heavy atom. The summed E-state index contributed by atoms with van der Waals surface area (Å²) in [6.07, 6.45) is 2.32. The van der Waals surface area contributed by atoms with Crippen LogP contribution in [-0.4, -0.2) is 47.5 Å². The van der Waals surface area contributed by atoms with E-state index >= 15 is 0 Å². The molecular weight excluding hydrogens is 478 g/mol. The van der Waals surface area contributed by atoms with E-state index in [0.717, 1.165) is 47.2 Å². The molecule has 3 heterocycles. The lowest BCUT2D eigenvalue weighted by atomic mass is 10.0. The predicted octanol–water partition coefficient (Wildman–Crippen LogP) is 4.87. The molecule has 0 saturated carbocycles. The van der Waals surface area contributed by atoms with Crippen LogP contribution in [0.3, 0.4) is 0 Å². The molecule has 172 valence electrons. The maximum absolute atomic E-state index is 12.1. The first-order valence-corrected chi connectivity index (χ1v) is 15.2. The Labute approximate surface area is 193 Å². The van der Waals surface area contributed by atoms with Crippen LogP contribution in [0.2, 0.25) is 25.7 Å². The number of halogens is 1. The summed E-state index contributed by atoms with van der Waals surface area (Å²) in [5, 5.41) is 6.26. The van der Waals surface area contributed by atoms with Gasteiger partial charge in [0.1, 0.15) is 12.3 Å². The SMILES string of the molecule is CC(C)(C)OC(=O)Nc1nc2c([nH]1)CCNC2c1cc(Br)cn1COCC[Si](C)(C)C. The van der Waals surface area contributed by atoms with Crippen molar-refractivity contribution in [2.24, 2.45) is 0 Å². The second kappa shape index (κ2) is 9.48. The first-order chi connectivity index (χ1) is 14.4. The fourth-order valence-corrected chi connectivity index (χ4v) is 4.62. The van der Waals surface area contributed by atoms with E-state index in [4.69, 9.17) is 9.47 Å². The number of carbonyl (C=O) groups is 1. The van der Waals surface area contributed by atoms with Crippen molar-refractivity contribution >= 4 is 36.0 Å². The van der Waals surface area contributed by atoms with E-state index < -0.39 is 19.8 Å². The summed E-state index contributed by atoms with van der Waals surface area (Å²) in [6, 6.07) is 3.13. The van der Waals surface area contributed by atoms with Gasteiger partial charge in [-0.2, -0.15) is 0 Å². The van der Waals surface area contributed by atoms with Crippen LogP contribution in [0.5, 0.6) is 0 Å². The second-order valence-corrected chi connectivity index (χ2v) is 16.7. The fourth-order valence-electron chi connectivity index (χ4n) is 3.38. The summed E-state index contributed by atoms with van der Waals surface area (Å²) in [4.78, 5) is 20.0. The topological polar surface area (TPSA) is 93.2 Å². The number of hydrogen-bond acceptors (Lipinski definition) is 5. The molecule has 0 bridgehead atoms. The van der Waals surface area contributed by atoms with Gasteiger partial charge in [0.25, 0.3) is 0 Å². The minimum atomic E-state index is -1.12. The fraction of sp³-hybridized carbons (Fsp3) is 0.619. The van der Waals surface area contributed by atoms with Crippen molar-refractivity contribution in [3.8, 4) is 0 Å². The van der Waals surface area contributed by atoms with E-state index in [0.29, 0.717) is 12.7 Å². The smallest absolute Gasteiger partial charge is 0.414 e. The molecule has 31 heavy (non-hydrogen) atoms. The highest BCUT2D eigenvalue weighted by Gasteiger charge is 2.29. The number of carbonyl (C=O) groups excluding carboxylic acids is 1. The largest absolute Gasteiger partial charge is 0.444 e. The van der Waals surface area contributed by atoms with Gasteiger partial charge in [0.15, 0.2) is 0 Å². The maximum atomic E-state index is 12.1. The van der Waals surface area contributed by atoms with E-state index in [1.165, 1.54) is 0 Å². The Balaban J connectivity index is 1.74. The molecule has 1 aliphatic heterocycles. The Kier molecular flexibility index (Phi) is 7.34. The molecule has 2 aromatic heterocycles. The molecule has 3 N–H and O–H groups in total. The lowest BCUT2D eigenvalue weighted by Gasteiger charge is -2.24. The Bertz CT molecular complexity index is 913. The van der Waals surface area contributed by atoms with Crippen molar-refractivity contribution < 1.29 is 14.3 Å². The normalized spacial score (nSPS) is 16.8. The summed E-state index contributed by atoms with van der Waals surface area (Å²) in [6.45, 7) is 14.6. The summed E-state index contributed by atoms with van der Waals surface area (Å²) in [7, 11) is -1.12. The molecule has 1 amide bonds. The van der Waals surface area contributed by atoms with Crippen LogP contribution < -0.4 is 10.6 Å². The van der Waals surface area contributed by atoms with Gasteiger partial charge >= 0.3 is 6.09 Å². The van der Waals surface area contributed by atoms with Crippen molar-refractivity contribution in [2.45, 2.75) is 71.3 Å². The van der Waals surface area contributed by atoms with E-state index in [1.54, 1.807) is 0 Å². The van der Waals surface area contributed by atoms with Crippen LogP contribution in [0.1, 0.15) is 43.9 Å². The quantitative estimate of drug-likeness (QED) is 0.364. The molecule has 0 saturated heterocycles. The number of aromatic amines is 1. The third-order valence-corrected chi connectivity index (χ3v) is 6.98. The number of anilines is 1. The lowest BCUT2D eigenvalue weighted by molar-refractivity contribution is 0.0634. The average Bonchev–Trinajstić information content (AvgIpc) is 3.18. The van der Waals surface area contributed by atoms with Gasteiger partial charge in [0, 0.05) is 49.7 Å². The standard InChI is InChI=1S/C21H34BrN5O3Si/c1-21(2,3)30-20(28)26-19-24-15-7-8-23-18(17(15)25-19)16-11-14(22)12-27(16)13-29-9-10-31(4,5)6/h11-12,18,23H,7-10,13H2,1-6H3,(H2,24,25,26,28). The lowest BCUT2D eigenvalue weighted by Crippen LogP contribution is -2.32. The molecule has 0 spiro atoms. The third-order valence-electron chi connectivity index (χ3n) is 4.85. The minimum Gasteiger partial charge on any atom is -0.444 e. The summed E-state index contributed by atoms with van der Waals surface area (Å²) in [5.41, 5.74) is 2.39. The Hall–Kier alpha value is -1.62. The van der Waals surface area contributed by atoms with Gasteiger partial charge in [0.05, 0.1) is 11.7 Å². The van der Waals surface area contributed by atoms with Gasteiger partial charge in [-0.3, -0.25) is 5.32 Å². The number of H-pyrrole nitrogens is 1. The van der Waals surface area contributed by atoms with E-state index in [9.17, 15) is 4.79 Å². The number of nitrogens with zero attached hydrogens (tertiary/aromatic N) is 2. The van der Waals surface area contributed by atoms with Crippen molar-refractivity contribution in [2.75, 3.05) is 18.5 Å². The van der Waals surface area contributed by atoms with Crippen molar-refractivity contribution in [1.29, 1.82) is 0 Å². The molecular formula is C21H34BrN5O3Si. The minimum absolute atomic E-state index is 0.0962. The molecule has 0 aliphatic carbocycles. The molecule has 0 radical (unpaired) electrons. The van der Waals surface area contributed by atoms with Crippen molar-refractivity contribution in [1.82, 2.24) is 19.9 Å². The maximum Gasteiger partial charge on any atom is 0.414 e. The number of fused-ring (bicyclic) bond motifs is 1. The van der Waals surface area contributed by atoms with Crippen LogP contribution in [0.4, 0.5) is 10.7 Å². The molecule has 1 atom stereocenters. The van der Waals surface area contributed by atoms with Crippen molar-refractivity contribution in [3.05, 3.63) is 33.8 Å². The highest BCUT2D eigenvalue weighted by Crippen LogP contribution is 2.31. The van der Waals surface area contributed by atoms with Gasteiger partial charge in [-0.05, 0) is 48.8 Å². The Morgan fingerprint density at radius 2 is 2.13 bits per heavy atom. The molecule has 0 fully saturated rings. The van der Waals surface area contributed by atoms with E-state index in [1.807, 2.05) is 27.0 Å². The molecule has 2 aromatic rings. The van der Waals surface area contributed by atoms with Crippen LogP contribution in [0, 0.1) is 0 Å². The number of amides is 1. The van der Waals surface area contributed by atoms with Crippen LogP contribution >= 0.6 is 15.9 Å². The average molecular weight is 513 g/mol. The van der Waals surface area contributed by atoms with Gasteiger partial charge in [0.2, 0.25) is 5.95 Å². The van der Waals surface area contributed by atoms with E-state index in [-0.39, 0.29) is 6.04 Å². The molecule has 10 heteroatoms. The number of nitrogens with one attached hydrogen (secondary N) is 3. The number of rotatable bonds is 7. The molecule has 8 nitrogen and oxygen atoms in total. The summed E-state index contributed by atoms with van der Waals surface area (Å²) >= 11 is 3.60. The number of hydrogen-bond donors (Lipinski definition) is 3. The summed E-state index contributed by atoms with van der Waals surface area (Å²) < 4.78 is 14.4. The monoisotopic (exact) mass is 511 g/mol. The van der Waals surface area contributed by atoms with Gasteiger partial charge in [-0.15, -0.1) is 0 Å². The number of imidazole rings is 1. The second-order valence-electron chi connectivity index (χ2n) is 10.1. The molecule has 1 aliphatic rings. The number of ether oxygens (including phenoxy) is 2. The summed E-state index contributed by atoms with van der Waals surface area (Å²) in [5.74, 6) is 0.400. The zero-order valence-electron chi connectivity index (χ0n) is 19.3. The third kappa shape index (κ3) is 6.93. The van der Waals surface area contributed by atoms with Crippen LogP contribution in [-0.2, 0) is 22.6 Å². The molecule has 0 aromatic carbocycles. The van der Waals surface area contributed by atoms with Crippen molar-refractivity contribution in [3.63, 3.8) is 0 Å². The van der Waals surface area contributed by atoms with Gasteiger partial charge in [-0.1, -0.05) is 19.6 Å². The highest BCUT2D eigenvalue weighted by molar-refractivity contribution is 9.10. The highest BCUT2D eigenvalue weighted by atomic mass is 79.9. The predicted molar refractivity (Wildman–Crippen MR) is 128 cm³/mol. The first-order valence-electron chi connectivity index (χ1n) is 10.7. The van der Waals surface area contributed by atoms with Gasteiger partial charge in [-0.25, -0.2) is 9.78 Å².